The Morgan fingerprint density at radius 1 is 0.759 bits per heavy atom. The fourth-order valence-electron chi connectivity index (χ4n) is 3.15. The van der Waals surface area contributed by atoms with E-state index in [9.17, 15) is 0 Å². The molecule has 0 aromatic heterocycles. The van der Waals surface area contributed by atoms with Crippen LogP contribution in [0.2, 0.25) is 0 Å². The summed E-state index contributed by atoms with van der Waals surface area (Å²) < 4.78 is 5.40. The summed E-state index contributed by atoms with van der Waals surface area (Å²) in [6.07, 6.45) is 0. The van der Waals surface area contributed by atoms with Gasteiger partial charge in [-0.2, -0.15) is 10.2 Å². The molecule has 1 aliphatic heterocycles. The number of azo groups is 1. The van der Waals surface area contributed by atoms with Gasteiger partial charge < -0.3 is 20.5 Å². The summed E-state index contributed by atoms with van der Waals surface area (Å²) in [6.45, 7) is 5.50. The normalized spacial score (nSPS) is 14.2. The molecule has 148 valence electrons. The number of nitrogens with one attached hydrogen (secondary N) is 2. The number of hydrogen-bond acceptors (Lipinski definition) is 6. The Morgan fingerprint density at radius 2 is 1.38 bits per heavy atom. The van der Waals surface area contributed by atoms with Crippen LogP contribution >= 0.6 is 0 Å². The largest absolute Gasteiger partial charge is 0.378 e. The number of hydrogen-bond donors (Lipinski definition) is 2. The van der Waals surface area contributed by atoms with Crippen LogP contribution in [0.15, 0.2) is 83.0 Å². The van der Waals surface area contributed by atoms with Gasteiger partial charge in [-0.05, 0) is 73.2 Å². The van der Waals surface area contributed by atoms with E-state index in [1.807, 2.05) is 48.5 Å². The molecule has 1 fully saturated rings. The topological polar surface area (TPSA) is 61.2 Å². The van der Waals surface area contributed by atoms with Gasteiger partial charge in [0, 0.05) is 18.8 Å². The Kier molecular flexibility index (Phi) is 6.02. The predicted molar refractivity (Wildman–Crippen MR) is 119 cm³/mol. The molecular weight excluding hydrogens is 362 g/mol. The molecule has 0 unspecified atom stereocenters. The second-order valence-corrected chi connectivity index (χ2v) is 6.98. The maximum absolute atomic E-state index is 5.40. The van der Waals surface area contributed by atoms with Crippen molar-refractivity contribution in [3.63, 3.8) is 0 Å². The van der Waals surface area contributed by atoms with E-state index in [0.717, 1.165) is 49.1 Å². The molecule has 6 heteroatoms. The third-order valence-electron chi connectivity index (χ3n) is 4.74. The monoisotopic (exact) mass is 387 g/mol. The van der Waals surface area contributed by atoms with Crippen molar-refractivity contribution in [3.05, 3.63) is 78.4 Å². The van der Waals surface area contributed by atoms with E-state index in [2.05, 4.69) is 57.2 Å². The Labute approximate surface area is 171 Å². The second kappa shape index (κ2) is 9.21. The Hall–Kier alpha value is -3.38. The standard InChI is InChI=1S/C23H25N5O/c1-18-3-2-4-22(17-18)27-26-20-7-5-19(6-8-20)24-25-21-9-11-23(12-10-21)28-13-15-29-16-14-28/h2-12,17,26-27H,13-16H2,1H3/b25-24+. The lowest BCUT2D eigenvalue weighted by atomic mass is 10.2. The highest BCUT2D eigenvalue weighted by Gasteiger charge is 2.10. The molecule has 0 bridgehead atoms. The van der Waals surface area contributed by atoms with Gasteiger partial charge in [-0.1, -0.05) is 12.1 Å². The molecule has 1 saturated heterocycles. The maximum Gasteiger partial charge on any atom is 0.0858 e. The average molecular weight is 387 g/mol. The summed E-state index contributed by atoms with van der Waals surface area (Å²) in [7, 11) is 0. The van der Waals surface area contributed by atoms with Gasteiger partial charge in [-0.25, -0.2) is 0 Å². The SMILES string of the molecule is Cc1cccc(NNc2ccc(/N=N/c3ccc(N4CCOCC4)cc3)cc2)c1. The van der Waals surface area contributed by atoms with E-state index in [0.29, 0.717) is 0 Å². The minimum absolute atomic E-state index is 0.785. The van der Waals surface area contributed by atoms with Crippen molar-refractivity contribution in [1.82, 2.24) is 0 Å². The highest BCUT2D eigenvalue weighted by Crippen LogP contribution is 2.24. The Morgan fingerprint density at radius 3 is 2.03 bits per heavy atom. The first kappa shape index (κ1) is 19.0. The lowest BCUT2D eigenvalue weighted by molar-refractivity contribution is 0.122. The Bertz CT molecular complexity index is 948. The molecule has 0 radical (unpaired) electrons. The van der Waals surface area contributed by atoms with Crippen molar-refractivity contribution in [2.24, 2.45) is 10.2 Å². The van der Waals surface area contributed by atoms with Crippen molar-refractivity contribution in [2.75, 3.05) is 42.1 Å². The Balaban J connectivity index is 1.32. The molecule has 0 amide bonds. The summed E-state index contributed by atoms with van der Waals surface area (Å²) in [5.41, 5.74) is 12.4. The molecule has 1 aliphatic rings. The van der Waals surface area contributed by atoms with Crippen LogP contribution in [0.25, 0.3) is 0 Å². The lowest BCUT2D eigenvalue weighted by Gasteiger charge is -2.28. The van der Waals surface area contributed by atoms with Crippen LogP contribution in [0.4, 0.5) is 28.4 Å². The van der Waals surface area contributed by atoms with E-state index in [1.54, 1.807) is 0 Å². The fourth-order valence-corrected chi connectivity index (χ4v) is 3.15. The van der Waals surface area contributed by atoms with E-state index in [-0.39, 0.29) is 0 Å². The molecule has 3 aromatic rings. The smallest absolute Gasteiger partial charge is 0.0858 e. The zero-order valence-electron chi connectivity index (χ0n) is 16.5. The van der Waals surface area contributed by atoms with E-state index < -0.39 is 0 Å². The molecule has 1 heterocycles. The number of anilines is 3. The van der Waals surface area contributed by atoms with Crippen LogP contribution in [0.1, 0.15) is 5.56 Å². The fraction of sp³-hybridized carbons (Fsp3) is 0.217. The van der Waals surface area contributed by atoms with Crippen molar-refractivity contribution in [2.45, 2.75) is 6.92 Å². The predicted octanol–water partition coefficient (Wildman–Crippen LogP) is 5.69. The molecule has 0 atom stereocenters. The van der Waals surface area contributed by atoms with Crippen molar-refractivity contribution in [3.8, 4) is 0 Å². The van der Waals surface area contributed by atoms with Gasteiger partial charge in [0.1, 0.15) is 0 Å². The highest BCUT2D eigenvalue weighted by atomic mass is 16.5. The third kappa shape index (κ3) is 5.33. The summed E-state index contributed by atoms with van der Waals surface area (Å²) >= 11 is 0. The quantitative estimate of drug-likeness (QED) is 0.422. The first-order valence-electron chi connectivity index (χ1n) is 9.79. The zero-order valence-corrected chi connectivity index (χ0v) is 16.5. The van der Waals surface area contributed by atoms with Crippen LogP contribution < -0.4 is 15.8 Å². The van der Waals surface area contributed by atoms with E-state index in [4.69, 9.17) is 4.74 Å². The van der Waals surface area contributed by atoms with Crippen LogP contribution in [0.3, 0.4) is 0 Å². The van der Waals surface area contributed by atoms with Gasteiger partial charge >= 0.3 is 0 Å². The molecule has 29 heavy (non-hydrogen) atoms. The van der Waals surface area contributed by atoms with Gasteiger partial charge in [0.05, 0.1) is 36.0 Å². The first-order valence-corrected chi connectivity index (χ1v) is 9.79. The van der Waals surface area contributed by atoms with Crippen LogP contribution in [0, 0.1) is 6.92 Å². The molecule has 2 N–H and O–H groups in total. The molecule has 0 saturated carbocycles. The van der Waals surface area contributed by atoms with Crippen molar-refractivity contribution in [1.29, 1.82) is 0 Å². The van der Waals surface area contributed by atoms with Gasteiger partial charge in [0.25, 0.3) is 0 Å². The highest BCUT2D eigenvalue weighted by molar-refractivity contribution is 5.56. The number of nitrogens with zero attached hydrogens (tertiary/aromatic N) is 3. The van der Waals surface area contributed by atoms with Gasteiger partial charge in [0.15, 0.2) is 0 Å². The number of aryl methyl sites for hydroxylation is 1. The van der Waals surface area contributed by atoms with Crippen LogP contribution in [-0.2, 0) is 4.74 Å². The molecule has 4 rings (SSSR count). The number of ether oxygens (including phenoxy) is 1. The summed E-state index contributed by atoms with van der Waals surface area (Å²) in [6, 6.07) is 24.2. The number of benzene rings is 3. The van der Waals surface area contributed by atoms with E-state index >= 15 is 0 Å². The van der Waals surface area contributed by atoms with Gasteiger partial charge in [0.2, 0.25) is 0 Å². The van der Waals surface area contributed by atoms with Crippen LogP contribution in [0.5, 0.6) is 0 Å². The molecule has 0 aliphatic carbocycles. The molecule has 6 nitrogen and oxygen atoms in total. The van der Waals surface area contributed by atoms with Crippen molar-refractivity contribution >= 4 is 28.4 Å². The minimum atomic E-state index is 0.785. The summed E-state index contributed by atoms with van der Waals surface area (Å²) in [5.74, 6) is 0. The minimum Gasteiger partial charge on any atom is -0.378 e. The number of morpholine rings is 1. The number of hydrazine groups is 1. The summed E-state index contributed by atoms with van der Waals surface area (Å²) in [4.78, 5) is 2.32. The second-order valence-electron chi connectivity index (χ2n) is 6.98. The third-order valence-corrected chi connectivity index (χ3v) is 4.74. The van der Waals surface area contributed by atoms with Crippen molar-refractivity contribution < 1.29 is 4.74 Å². The van der Waals surface area contributed by atoms with Gasteiger partial charge in [-0.3, -0.25) is 0 Å². The maximum atomic E-state index is 5.40. The number of rotatable bonds is 6. The van der Waals surface area contributed by atoms with Gasteiger partial charge in [-0.15, -0.1) is 0 Å². The summed E-state index contributed by atoms with van der Waals surface area (Å²) in [5, 5.41) is 8.67. The first-order chi connectivity index (χ1) is 14.3. The lowest BCUT2D eigenvalue weighted by Crippen LogP contribution is -2.36. The molecular formula is C23H25N5O. The molecule has 3 aromatic carbocycles. The van der Waals surface area contributed by atoms with E-state index in [1.165, 1.54) is 11.3 Å². The average Bonchev–Trinajstić information content (AvgIpc) is 2.78. The molecule has 0 spiro atoms. The zero-order chi connectivity index (χ0) is 19.9. The van der Waals surface area contributed by atoms with Crippen LogP contribution in [-0.4, -0.2) is 26.3 Å².